The van der Waals surface area contributed by atoms with E-state index in [4.69, 9.17) is 23.7 Å². The van der Waals surface area contributed by atoms with Crippen LogP contribution in [0.4, 0.5) is 0 Å². The molecule has 0 bridgehead atoms. The second-order valence-electron chi connectivity index (χ2n) is 9.07. The molecule has 3 heterocycles. The second kappa shape index (κ2) is 12.8. The Labute approximate surface area is 210 Å². The average molecular weight is 545 g/mol. The van der Waals surface area contributed by atoms with E-state index in [1.54, 1.807) is 0 Å². The lowest BCUT2D eigenvalue weighted by Crippen LogP contribution is -2.68. The summed E-state index contributed by atoms with van der Waals surface area (Å²) in [5.41, 5.74) is 0. The number of amides is 1. The van der Waals surface area contributed by atoms with Crippen LogP contribution in [0.2, 0.25) is 0 Å². The van der Waals surface area contributed by atoms with Gasteiger partial charge in [0.2, 0.25) is 5.91 Å². The van der Waals surface area contributed by atoms with Crippen molar-refractivity contribution in [2.24, 2.45) is 0 Å². The largest absolute Gasteiger partial charge is 0.394 e. The van der Waals surface area contributed by atoms with Gasteiger partial charge < -0.3 is 80.1 Å². The molecule has 3 saturated heterocycles. The normalized spacial score (nSPS) is 49.0. The van der Waals surface area contributed by atoms with E-state index in [1.165, 1.54) is 0 Å². The van der Waals surface area contributed by atoms with Gasteiger partial charge in [-0.1, -0.05) is 0 Å². The Hall–Kier alpha value is -1.13. The fourth-order valence-electron chi connectivity index (χ4n) is 4.46. The molecule has 0 aromatic heterocycles. The molecule has 0 unspecified atom stereocenters. The number of rotatable bonds is 8. The summed E-state index contributed by atoms with van der Waals surface area (Å²) < 4.78 is 26.9. The van der Waals surface area contributed by atoms with E-state index in [1.807, 2.05) is 0 Å². The average Bonchev–Trinajstić information content (AvgIpc) is 2.87. The zero-order valence-corrected chi connectivity index (χ0v) is 19.7. The molecule has 3 aliphatic heterocycles. The van der Waals surface area contributed by atoms with Gasteiger partial charge in [-0.05, 0) is 0 Å². The fourth-order valence-corrected chi connectivity index (χ4v) is 4.46. The van der Waals surface area contributed by atoms with Crippen molar-refractivity contribution in [1.82, 2.24) is 5.32 Å². The van der Waals surface area contributed by atoms with Crippen molar-refractivity contribution >= 4 is 5.91 Å². The summed E-state index contributed by atoms with van der Waals surface area (Å²) in [5, 5.41) is 103. The minimum absolute atomic E-state index is 0.620. The first-order chi connectivity index (χ1) is 17.4. The van der Waals surface area contributed by atoms with Gasteiger partial charge in [0.05, 0.1) is 19.8 Å². The van der Waals surface area contributed by atoms with Crippen LogP contribution in [-0.4, -0.2) is 169 Å². The van der Waals surface area contributed by atoms with Crippen LogP contribution in [0.3, 0.4) is 0 Å². The number of ether oxygens (including phenoxy) is 5. The van der Waals surface area contributed by atoms with Gasteiger partial charge in [-0.25, -0.2) is 0 Å². The molecule has 37 heavy (non-hydrogen) atoms. The summed E-state index contributed by atoms with van der Waals surface area (Å²) in [6.07, 6.45) is -23.2. The highest BCUT2D eigenvalue weighted by atomic mass is 16.7. The molecular weight excluding hydrogens is 510 g/mol. The highest BCUT2D eigenvalue weighted by Gasteiger charge is 2.53. The zero-order valence-electron chi connectivity index (χ0n) is 19.7. The molecule has 15 atom stereocenters. The monoisotopic (exact) mass is 545 g/mol. The van der Waals surface area contributed by atoms with Gasteiger partial charge in [-0.2, -0.15) is 0 Å². The Morgan fingerprint density at radius 2 is 1.11 bits per heavy atom. The van der Waals surface area contributed by atoms with Crippen molar-refractivity contribution in [3.63, 3.8) is 0 Å². The van der Waals surface area contributed by atoms with Crippen molar-refractivity contribution in [2.45, 2.75) is 99.0 Å². The summed E-state index contributed by atoms with van der Waals surface area (Å²) in [6.45, 7) is -1.21. The van der Waals surface area contributed by atoms with E-state index in [2.05, 4.69) is 5.32 Å². The minimum Gasteiger partial charge on any atom is -0.394 e. The molecule has 0 aliphatic carbocycles. The van der Waals surface area contributed by atoms with Crippen LogP contribution in [0.15, 0.2) is 0 Å². The highest BCUT2D eigenvalue weighted by Crippen LogP contribution is 2.32. The van der Waals surface area contributed by atoms with Gasteiger partial charge in [-0.15, -0.1) is 0 Å². The highest BCUT2D eigenvalue weighted by molar-refractivity contribution is 5.73. The van der Waals surface area contributed by atoms with Crippen molar-refractivity contribution in [3.05, 3.63) is 0 Å². The third-order valence-corrected chi connectivity index (χ3v) is 6.49. The first kappa shape index (κ1) is 30.4. The van der Waals surface area contributed by atoms with E-state index in [0.29, 0.717) is 0 Å². The van der Waals surface area contributed by atoms with Gasteiger partial charge in [0.1, 0.15) is 73.2 Å². The Kier molecular flexibility index (Phi) is 10.5. The number of carbonyl (C=O) groups excluding carboxylic acids is 1. The Morgan fingerprint density at radius 1 is 0.649 bits per heavy atom. The summed E-state index contributed by atoms with van der Waals surface area (Å²) in [5.74, 6) is -0.620. The third kappa shape index (κ3) is 6.38. The SMILES string of the molecule is CC(=O)N[C@@H]1[C@@H](O)[C@@H](O[C@@H]2O[C@H](CO)[C@H](O[C@@H]3O[C@H](CO)[C@H](O)[C@H](O)[C@H]3O)[C@H](O)[C@H]2O)[C@@H](CO)O[C@@H]1O. The smallest absolute Gasteiger partial charge is 0.217 e. The summed E-state index contributed by atoms with van der Waals surface area (Å²) in [6, 6.07) is -1.38. The topological polar surface area (TPSA) is 278 Å². The fraction of sp³-hybridized carbons (Fsp3) is 0.950. The molecule has 3 rings (SSSR count). The van der Waals surface area contributed by atoms with Crippen LogP contribution in [-0.2, 0) is 28.5 Å². The number of aliphatic hydroxyl groups is 10. The molecule has 0 saturated carbocycles. The molecule has 0 radical (unpaired) electrons. The van der Waals surface area contributed by atoms with E-state index >= 15 is 0 Å². The van der Waals surface area contributed by atoms with E-state index in [-0.39, 0.29) is 0 Å². The molecule has 3 aliphatic rings. The van der Waals surface area contributed by atoms with Crippen molar-refractivity contribution in [3.8, 4) is 0 Å². The molecule has 0 aromatic rings. The van der Waals surface area contributed by atoms with Crippen LogP contribution in [0.5, 0.6) is 0 Å². The Bertz CT molecular complexity index is 743. The molecular formula is C20H35NO16. The van der Waals surface area contributed by atoms with Crippen molar-refractivity contribution < 1.29 is 79.5 Å². The van der Waals surface area contributed by atoms with Crippen LogP contribution in [0.1, 0.15) is 6.92 Å². The lowest BCUT2D eigenvalue weighted by Gasteiger charge is -2.48. The van der Waals surface area contributed by atoms with Gasteiger partial charge in [0, 0.05) is 6.92 Å². The maximum atomic E-state index is 11.4. The van der Waals surface area contributed by atoms with Gasteiger partial charge in [0.25, 0.3) is 0 Å². The van der Waals surface area contributed by atoms with Crippen LogP contribution in [0.25, 0.3) is 0 Å². The molecule has 17 heteroatoms. The first-order valence-electron chi connectivity index (χ1n) is 11.6. The molecule has 17 nitrogen and oxygen atoms in total. The lowest BCUT2D eigenvalue weighted by molar-refractivity contribution is -0.373. The van der Waals surface area contributed by atoms with E-state index < -0.39 is 118 Å². The molecule has 1 amide bonds. The van der Waals surface area contributed by atoms with Crippen molar-refractivity contribution in [1.29, 1.82) is 0 Å². The van der Waals surface area contributed by atoms with Crippen LogP contribution in [0, 0.1) is 0 Å². The quantitative estimate of drug-likeness (QED) is 0.135. The van der Waals surface area contributed by atoms with E-state index in [0.717, 1.165) is 6.92 Å². The van der Waals surface area contributed by atoms with Crippen LogP contribution < -0.4 is 5.32 Å². The molecule has 0 aromatic carbocycles. The lowest BCUT2D eigenvalue weighted by atomic mass is 9.95. The standard InChI is InChI=1S/C20H35NO16/c1-5(25)21-9-11(27)16(7(3-23)33-18(9)32)36-20-15(31)13(29)17(8(4-24)35-20)37-19-14(30)12(28)10(26)6(2-22)34-19/h6-20,22-24,26-32H,2-4H2,1H3,(H,21,25)/t6-,7-,8-,9-,10+,11-,12+,13-,14-,15-,16+,17+,18+,19+,20+/m1/s1. The number of hydrogen-bond acceptors (Lipinski definition) is 16. The minimum atomic E-state index is -1.92. The Balaban J connectivity index is 1.74. The Morgan fingerprint density at radius 3 is 1.62 bits per heavy atom. The number of hydrogen-bond donors (Lipinski definition) is 11. The summed E-state index contributed by atoms with van der Waals surface area (Å²) >= 11 is 0. The van der Waals surface area contributed by atoms with E-state index in [9.17, 15) is 55.9 Å². The molecule has 216 valence electrons. The maximum absolute atomic E-state index is 11.4. The summed E-state index contributed by atoms with van der Waals surface area (Å²) in [4.78, 5) is 11.4. The maximum Gasteiger partial charge on any atom is 0.217 e. The predicted molar refractivity (Wildman–Crippen MR) is 113 cm³/mol. The third-order valence-electron chi connectivity index (χ3n) is 6.49. The molecule has 11 N–H and O–H groups in total. The van der Waals surface area contributed by atoms with Gasteiger partial charge >= 0.3 is 0 Å². The number of nitrogens with one attached hydrogen (secondary N) is 1. The van der Waals surface area contributed by atoms with Gasteiger partial charge in [0.15, 0.2) is 18.9 Å². The van der Waals surface area contributed by atoms with Crippen molar-refractivity contribution in [2.75, 3.05) is 19.8 Å². The molecule has 0 spiro atoms. The number of carbonyl (C=O) groups is 1. The van der Waals surface area contributed by atoms with Crippen LogP contribution >= 0.6 is 0 Å². The zero-order chi connectivity index (χ0) is 27.6. The first-order valence-corrected chi connectivity index (χ1v) is 11.6. The number of aliphatic hydroxyl groups excluding tert-OH is 10. The predicted octanol–water partition coefficient (Wildman–Crippen LogP) is -7.43. The summed E-state index contributed by atoms with van der Waals surface area (Å²) in [7, 11) is 0. The van der Waals surface area contributed by atoms with Gasteiger partial charge in [-0.3, -0.25) is 4.79 Å². The second-order valence-corrected chi connectivity index (χ2v) is 9.07. The molecule has 3 fully saturated rings.